The molecule has 26 heavy (non-hydrogen) atoms. The highest BCUT2D eigenvalue weighted by Gasteiger charge is 2.50. The van der Waals surface area contributed by atoms with Gasteiger partial charge in [-0.15, -0.1) is 0 Å². The molecule has 0 bridgehead atoms. The van der Waals surface area contributed by atoms with Crippen LogP contribution in [0.2, 0.25) is 0 Å². The quantitative estimate of drug-likeness (QED) is 0.929. The van der Waals surface area contributed by atoms with Crippen LogP contribution in [-0.2, 0) is 16.0 Å². The summed E-state index contributed by atoms with van der Waals surface area (Å²) in [5, 5.41) is 11.9. The zero-order chi connectivity index (χ0) is 18.1. The number of rotatable bonds is 3. The fourth-order valence-electron chi connectivity index (χ4n) is 3.64. The number of nitrogens with one attached hydrogen (secondary N) is 1. The minimum absolute atomic E-state index is 0.0332. The monoisotopic (exact) mass is 345 g/mol. The van der Waals surface area contributed by atoms with Crippen LogP contribution in [-0.4, -0.2) is 18.4 Å². The third kappa shape index (κ3) is 2.95. The Morgan fingerprint density at radius 2 is 1.85 bits per heavy atom. The van der Waals surface area contributed by atoms with E-state index in [4.69, 9.17) is 5.26 Å². The van der Waals surface area contributed by atoms with Crippen molar-refractivity contribution in [3.63, 3.8) is 0 Å². The Morgan fingerprint density at radius 3 is 2.69 bits per heavy atom. The van der Waals surface area contributed by atoms with Gasteiger partial charge in [-0.25, -0.2) is 0 Å². The third-order valence-corrected chi connectivity index (χ3v) is 5.13. The molecule has 5 heteroatoms. The van der Waals surface area contributed by atoms with E-state index in [1.807, 2.05) is 23.1 Å². The van der Waals surface area contributed by atoms with Crippen molar-refractivity contribution in [1.29, 1.82) is 5.26 Å². The standard InChI is InChI=1S/C21H19N3O2/c22-13-15-7-1-3-9-18(15)23-20(25)16-12-17(16)21(26)24-11-5-8-14-6-2-4-10-19(14)24/h1-4,6-7,9-10,16-17H,5,8,11-12H2,(H,23,25). The molecule has 130 valence electrons. The number of anilines is 2. The van der Waals surface area contributed by atoms with Crippen LogP contribution in [0.4, 0.5) is 11.4 Å². The zero-order valence-corrected chi connectivity index (χ0v) is 14.3. The Kier molecular flexibility index (Phi) is 4.18. The average molecular weight is 345 g/mol. The maximum absolute atomic E-state index is 12.9. The molecule has 1 N–H and O–H groups in total. The normalized spacial score (nSPS) is 20.7. The van der Waals surface area contributed by atoms with E-state index in [1.54, 1.807) is 24.3 Å². The molecule has 1 aliphatic heterocycles. The van der Waals surface area contributed by atoms with Crippen molar-refractivity contribution >= 4 is 23.2 Å². The average Bonchev–Trinajstić information content (AvgIpc) is 3.48. The largest absolute Gasteiger partial charge is 0.325 e. The fourth-order valence-corrected chi connectivity index (χ4v) is 3.64. The molecule has 1 heterocycles. The van der Waals surface area contributed by atoms with Crippen molar-refractivity contribution in [2.45, 2.75) is 19.3 Å². The lowest BCUT2D eigenvalue weighted by atomic mass is 10.0. The summed E-state index contributed by atoms with van der Waals surface area (Å²) in [6.45, 7) is 0.706. The van der Waals surface area contributed by atoms with Gasteiger partial charge in [-0.05, 0) is 43.0 Å². The second-order valence-electron chi connectivity index (χ2n) is 6.82. The van der Waals surface area contributed by atoms with E-state index in [2.05, 4.69) is 17.5 Å². The van der Waals surface area contributed by atoms with Crippen molar-refractivity contribution < 1.29 is 9.59 Å². The van der Waals surface area contributed by atoms with Gasteiger partial charge in [0.25, 0.3) is 0 Å². The lowest BCUT2D eigenvalue weighted by Crippen LogP contribution is -2.37. The molecule has 2 aromatic carbocycles. The predicted molar refractivity (Wildman–Crippen MR) is 98.5 cm³/mol. The Hall–Kier alpha value is -3.13. The minimum Gasteiger partial charge on any atom is -0.325 e. The molecule has 2 unspecified atom stereocenters. The van der Waals surface area contributed by atoms with Crippen LogP contribution in [0, 0.1) is 23.2 Å². The van der Waals surface area contributed by atoms with E-state index in [0.29, 0.717) is 24.2 Å². The van der Waals surface area contributed by atoms with Crippen molar-refractivity contribution in [3.8, 4) is 6.07 Å². The first kappa shape index (κ1) is 16.3. The minimum atomic E-state index is -0.316. The number of nitrogens with zero attached hydrogens (tertiary/aromatic N) is 2. The van der Waals surface area contributed by atoms with Crippen molar-refractivity contribution in [1.82, 2.24) is 0 Å². The van der Waals surface area contributed by atoms with E-state index >= 15 is 0 Å². The highest BCUT2D eigenvalue weighted by Crippen LogP contribution is 2.42. The van der Waals surface area contributed by atoms with Crippen LogP contribution in [0.3, 0.4) is 0 Å². The number of carbonyl (C=O) groups excluding carboxylic acids is 2. The topological polar surface area (TPSA) is 73.2 Å². The van der Waals surface area contributed by atoms with Crippen LogP contribution in [0.15, 0.2) is 48.5 Å². The van der Waals surface area contributed by atoms with Crippen molar-refractivity contribution in [2.75, 3.05) is 16.8 Å². The summed E-state index contributed by atoms with van der Waals surface area (Å²) in [7, 11) is 0. The number of para-hydroxylation sites is 2. The van der Waals surface area contributed by atoms with Gasteiger partial charge >= 0.3 is 0 Å². The van der Waals surface area contributed by atoms with Crippen LogP contribution in [0.25, 0.3) is 0 Å². The van der Waals surface area contributed by atoms with Gasteiger partial charge in [0.05, 0.1) is 23.1 Å². The summed E-state index contributed by atoms with van der Waals surface area (Å²) in [4.78, 5) is 27.2. The molecule has 1 aliphatic carbocycles. The molecule has 1 fully saturated rings. The Bertz CT molecular complexity index is 915. The summed E-state index contributed by atoms with van der Waals surface area (Å²) in [6.07, 6.45) is 2.50. The molecule has 5 nitrogen and oxygen atoms in total. The number of benzene rings is 2. The molecular weight excluding hydrogens is 326 g/mol. The van der Waals surface area contributed by atoms with Gasteiger partial charge in [0.15, 0.2) is 0 Å². The molecule has 2 atom stereocenters. The number of carbonyl (C=O) groups is 2. The van der Waals surface area contributed by atoms with Crippen LogP contribution >= 0.6 is 0 Å². The van der Waals surface area contributed by atoms with Crippen molar-refractivity contribution in [3.05, 3.63) is 59.7 Å². The summed E-state index contributed by atoms with van der Waals surface area (Å²) >= 11 is 0. The summed E-state index contributed by atoms with van der Waals surface area (Å²) in [5.74, 6) is -0.735. The second kappa shape index (κ2) is 6.64. The molecule has 2 amide bonds. The van der Waals surface area contributed by atoms with E-state index in [0.717, 1.165) is 18.5 Å². The molecule has 1 saturated carbocycles. The zero-order valence-electron chi connectivity index (χ0n) is 14.3. The molecule has 0 spiro atoms. The van der Waals surface area contributed by atoms with Crippen LogP contribution < -0.4 is 10.2 Å². The lowest BCUT2D eigenvalue weighted by Gasteiger charge is -2.29. The highest BCUT2D eigenvalue weighted by atomic mass is 16.2. The maximum Gasteiger partial charge on any atom is 0.230 e. The van der Waals surface area contributed by atoms with E-state index in [1.165, 1.54) is 5.56 Å². The number of hydrogen-bond acceptors (Lipinski definition) is 3. The number of fused-ring (bicyclic) bond motifs is 1. The number of amides is 2. The first-order valence-corrected chi connectivity index (χ1v) is 8.88. The lowest BCUT2D eigenvalue weighted by molar-refractivity contribution is -0.123. The van der Waals surface area contributed by atoms with Gasteiger partial charge in [-0.1, -0.05) is 30.3 Å². The molecule has 0 aromatic heterocycles. The number of hydrogen-bond donors (Lipinski definition) is 1. The number of nitriles is 1. The Balaban J connectivity index is 1.45. The van der Waals surface area contributed by atoms with Gasteiger partial charge in [0.2, 0.25) is 11.8 Å². The number of aryl methyl sites for hydroxylation is 1. The Morgan fingerprint density at radius 1 is 1.08 bits per heavy atom. The first-order chi connectivity index (χ1) is 12.7. The molecule has 4 rings (SSSR count). The first-order valence-electron chi connectivity index (χ1n) is 8.88. The molecule has 2 aliphatic rings. The van der Waals surface area contributed by atoms with Crippen LogP contribution in [0.5, 0.6) is 0 Å². The van der Waals surface area contributed by atoms with Gasteiger partial charge in [-0.3, -0.25) is 9.59 Å². The third-order valence-electron chi connectivity index (χ3n) is 5.13. The smallest absolute Gasteiger partial charge is 0.230 e. The van der Waals surface area contributed by atoms with E-state index in [-0.39, 0.29) is 23.7 Å². The van der Waals surface area contributed by atoms with E-state index in [9.17, 15) is 9.59 Å². The van der Waals surface area contributed by atoms with Gasteiger partial charge in [-0.2, -0.15) is 5.26 Å². The Labute approximate surface area is 152 Å². The highest BCUT2D eigenvalue weighted by molar-refractivity contribution is 6.05. The summed E-state index contributed by atoms with van der Waals surface area (Å²) in [5.41, 5.74) is 3.09. The maximum atomic E-state index is 12.9. The molecule has 2 aromatic rings. The summed E-state index contributed by atoms with van der Waals surface area (Å²) < 4.78 is 0. The van der Waals surface area contributed by atoms with E-state index < -0.39 is 0 Å². The van der Waals surface area contributed by atoms with Crippen molar-refractivity contribution in [2.24, 2.45) is 11.8 Å². The second-order valence-corrected chi connectivity index (χ2v) is 6.82. The predicted octanol–water partition coefficient (Wildman–Crippen LogP) is 3.11. The van der Waals surface area contributed by atoms with Gasteiger partial charge < -0.3 is 10.2 Å². The van der Waals surface area contributed by atoms with Gasteiger partial charge in [0.1, 0.15) is 6.07 Å². The molecular formula is C21H19N3O2. The molecule has 0 saturated heterocycles. The van der Waals surface area contributed by atoms with Gasteiger partial charge in [0, 0.05) is 12.2 Å². The molecule has 0 radical (unpaired) electrons. The fraction of sp³-hybridized carbons (Fsp3) is 0.286. The SMILES string of the molecule is N#Cc1ccccc1NC(=O)C1CC1C(=O)N1CCCc2ccccc21. The summed E-state index contributed by atoms with van der Waals surface area (Å²) in [6, 6.07) is 16.9. The van der Waals surface area contributed by atoms with Crippen LogP contribution in [0.1, 0.15) is 24.0 Å².